The Bertz CT molecular complexity index is 411. The van der Waals surface area contributed by atoms with Gasteiger partial charge >= 0.3 is 6.03 Å². The summed E-state index contributed by atoms with van der Waals surface area (Å²) in [7, 11) is 0. The Morgan fingerprint density at radius 2 is 1.67 bits per heavy atom. The number of rotatable bonds is 2. The maximum atomic E-state index is 11.7. The monoisotopic (exact) mass is 246 g/mol. The third kappa shape index (κ3) is 3.58. The number of carbonyl (C=O) groups is 2. The van der Waals surface area contributed by atoms with Gasteiger partial charge < -0.3 is 5.32 Å². The molecule has 1 aliphatic rings. The topological polar surface area (TPSA) is 58.2 Å². The fourth-order valence-corrected chi connectivity index (χ4v) is 2.23. The average molecular weight is 246 g/mol. The first kappa shape index (κ1) is 12.6. The van der Waals surface area contributed by atoms with Crippen LogP contribution >= 0.6 is 0 Å². The molecule has 0 unspecified atom stereocenters. The van der Waals surface area contributed by atoms with E-state index < -0.39 is 6.03 Å². The van der Waals surface area contributed by atoms with Gasteiger partial charge in [-0.3, -0.25) is 10.1 Å². The average Bonchev–Trinajstić information content (AvgIpc) is 2.40. The van der Waals surface area contributed by atoms with Crippen LogP contribution < -0.4 is 10.6 Å². The zero-order valence-electron chi connectivity index (χ0n) is 10.3. The van der Waals surface area contributed by atoms with Crippen molar-refractivity contribution in [1.29, 1.82) is 0 Å². The zero-order chi connectivity index (χ0) is 12.8. The Labute approximate surface area is 107 Å². The molecule has 96 valence electrons. The van der Waals surface area contributed by atoms with Gasteiger partial charge in [0.05, 0.1) is 0 Å². The first-order valence-corrected chi connectivity index (χ1v) is 6.42. The molecule has 0 atom stereocenters. The summed E-state index contributed by atoms with van der Waals surface area (Å²) in [5.41, 5.74) is 0.497. The number of carbonyl (C=O) groups excluding carboxylic acids is 2. The Morgan fingerprint density at radius 1 is 1.00 bits per heavy atom. The maximum Gasteiger partial charge on any atom is 0.321 e. The van der Waals surface area contributed by atoms with Gasteiger partial charge in [0.1, 0.15) is 0 Å². The third-order valence-corrected chi connectivity index (χ3v) is 3.20. The summed E-state index contributed by atoms with van der Waals surface area (Å²) in [6.07, 6.45) is 5.55. The minimum absolute atomic E-state index is 0.210. The SMILES string of the molecule is O=C(NC(=O)c1ccccc1)NC1CCCCC1. The van der Waals surface area contributed by atoms with E-state index in [-0.39, 0.29) is 11.9 Å². The van der Waals surface area contributed by atoms with E-state index in [9.17, 15) is 9.59 Å². The summed E-state index contributed by atoms with van der Waals surface area (Å²) in [5, 5.41) is 5.20. The van der Waals surface area contributed by atoms with Crippen molar-refractivity contribution in [1.82, 2.24) is 10.6 Å². The van der Waals surface area contributed by atoms with E-state index in [1.807, 2.05) is 6.07 Å². The van der Waals surface area contributed by atoms with Crippen molar-refractivity contribution in [3.05, 3.63) is 35.9 Å². The summed E-state index contributed by atoms with van der Waals surface area (Å²) in [5.74, 6) is -0.357. The van der Waals surface area contributed by atoms with Crippen LogP contribution in [0.4, 0.5) is 4.79 Å². The normalized spacial score (nSPS) is 16.0. The van der Waals surface area contributed by atoms with E-state index >= 15 is 0 Å². The fraction of sp³-hybridized carbons (Fsp3) is 0.429. The molecule has 1 aromatic carbocycles. The molecule has 4 nitrogen and oxygen atoms in total. The van der Waals surface area contributed by atoms with Crippen LogP contribution in [0.1, 0.15) is 42.5 Å². The Balaban J connectivity index is 1.82. The highest BCUT2D eigenvalue weighted by molar-refractivity contribution is 6.04. The Hall–Kier alpha value is -1.84. The summed E-state index contributed by atoms with van der Waals surface area (Å²) >= 11 is 0. The van der Waals surface area contributed by atoms with E-state index in [0.29, 0.717) is 5.56 Å². The second-order valence-electron chi connectivity index (χ2n) is 4.63. The molecule has 2 rings (SSSR count). The van der Waals surface area contributed by atoms with E-state index in [1.54, 1.807) is 24.3 Å². The quantitative estimate of drug-likeness (QED) is 0.842. The second kappa shape index (κ2) is 6.19. The molecule has 0 saturated heterocycles. The summed E-state index contributed by atoms with van der Waals surface area (Å²) < 4.78 is 0. The van der Waals surface area contributed by atoms with Crippen molar-refractivity contribution < 1.29 is 9.59 Å². The lowest BCUT2D eigenvalue weighted by Crippen LogP contribution is -2.45. The van der Waals surface area contributed by atoms with Gasteiger partial charge in [-0.05, 0) is 25.0 Å². The van der Waals surface area contributed by atoms with Gasteiger partial charge in [-0.25, -0.2) is 4.79 Å². The first-order valence-electron chi connectivity index (χ1n) is 6.42. The van der Waals surface area contributed by atoms with Crippen LogP contribution in [0.25, 0.3) is 0 Å². The van der Waals surface area contributed by atoms with Gasteiger partial charge in [-0.15, -0.1) is 0 Å². The van der Waals surface area contributed by atoms with Crippen LogP contribution in [0.15, 0.2) is 30.3 Å². The molecule has 1 fully saturated rings. The van der Waals surface area contributed by atoms with Crippen LogP contribution in [0.2, 0.25) is 0 Å². The number of hydrogen-bond acceptors (Lipinski definition) is 2. The van der Waals surface area contributed by atoms with Gasteiger partial charge in [0.15, 0.2) is 0 Å². The van der Waals surface area contributed by atoms with Crippen LogP contribution in [0.3, 0.4) is 0 Å². The molecule has 1 aromatic rings. The summed E-state index contributed by atoms with van der Waals surface area (Å²) in [4.78, 5) is 23.4. The summed E-state index contributed by atoms with van der Waals surface area (Å²) in [6, 6.07) is 8.56. The molecular weight excluding hydrogens is 228 g/mol. The van der Waals surface area contributed by atoms with Gasteiger partial charge in [0.2, 0.25) is 0 Å². The smallest absolute Gasteiger partial charge is 0.321 e. The molecule has 0 radical (unpaired) electrons. The zero-order valence-corrected chi connectivity index (χ0v) is 10.3. The van der Waals surface area contributed by atoms with Crippen molar-refractivity contribution in [3.63, 3.8) is 0 Å². The summed E-state index contributed by atoms with van der Waals surface area (Å²) in [6.45, 7) is 0. The molecule has 1 saturated carbocycles. The number of benzene rings is 1. The number of imide groups is 1. The van der Waals surface area contributed by atoms with Crippen LogP contribution in [-0.2, 0) is 0 Å². The Morgan fingerprint density at radius 3 is 2.33 bits per heavy atom. The van der Waals surface area contributed by atoms with Crippen LogP contribution in [-0.4, -0.2) is 18.0 Å². The lowest BCUT2D eigenvalue weighted by atomic mass is 9.96. The van der Waals surface area contributed by atoms with Crippen LogP contribution in [0, 0.1) is 0 Å². The van der Waals surface area contributed by atoms with E-state index in [0.717, 1.165) is 25.7 Å². The first-order chi connectivity index (χ1) is 8.75. The lowest BCUT2D eigenvalue weighted by Gasteiger charge is -2.22. The van der Waals surface area contributed by atoms with Crippen molar-refractivity contribution in [2.24, 2.45) is 0 Å². The predicted octanol–water partition coefficient (Wildman–Crippen LogP) is 2.46. The molecule has 0 aromatic heterocycles. The molecule has 0 bridgehead atoms. The second-order valence-corrected chi connectivity index (χ2v) is 4.63. The largest absolute Gasteiger partial charge is 0.335 e. The van der Waals surface area contributed by atoms with Gasteiger partial charge in [-0.1, -0.05) is 37.5 Å². The van der Waals surface area contributed by atoms with Crippen molar-refractivity contribution in [3.8, 4) is 0 Å². The standard InChI is InChI=1S/C14H18N2O2/c17-13(11-7-3-1-4-8-11)16-14(18)15-12-9-5-2-6-10-12/h1,3-4,7-8,12H,2,5-6,9-10H2,(H2,15,16,17,18). The molecule has 2 N–H and O–H groups in total. The number of urea groups is 1. The van der Waals surface area contributed by atoms with Gasteiger partial charge in [0, 0.05) is 11.6 Å². The maximum absolute atomic E-state index is 11.7. The number of nitrogens with one attached hydrogen (secondary N) is 2. The third-order valence-electron chi connectivity index (χ3n) is 3.20. The van der Waals surface area contributed by atoms with E-state index in [4.69, 9.17) is 0 Å². The van der Waals surface area contributed by atoms with Gasteiger partial charge in [0.25, 0.3) is 5.91 Å². The molecule has 0 heterocycles. The molecule has 4 heteroatoms. The molecule has 18 heavy (non-hydrogen) atoms. The minimum Gasteiger partial charge on any atom is -0.335 e. The van der Waals surface area contributed by atoms with E-state index in [2.05, 4.69) is 10.6 Å². The van der Waals surface area contributed by atoms with Crippen molar-refractivity contribution in [2.75, 3.05) is 0 Å². The molecule has 1 aliphatic carbocycles. The lowest BCUT2D eigenvalue weighted by molar-refractivity contribution is 0.0963. The molecular formula is C14H18N2O2. The molecule has 0 aliphatic heterocycles. The highest BCUT2D eigenvalue weighted by Gasteiger charge is 2.17. The van der Waals surface area contributed by atoms with E-state index in [1.165, 1.54) is 6.42 Å². The number of hydrogen-bond donors (Lipinski definition) is 2. The Kier molecular flexibility index (Phi) is 4.34. The highest BCUT2D eigenvalue weighted by atomic mass is 16.2. The van der Waals surface area contributed by atoms with Crippen LogP contribution in [0.5, 0.6) is 0 Å². The number of amides is 3. The predicted molar refractivity (Wildman–Crippen MR) is 69.3 cm³/mol. The molecule has 0 spiro atoms. The van der Waals surface area contributed by atoms with Gasteiger partial charge in [-0.2, -0.15) is 0 Å². The molecule has 3 amide bonds. The van der Waals surface area contributed by atoms with Crippen molar-refractivity contribution >= 4 is 11.9 Å². The fourth-order valence-electron chi connectivity index (χ4n) is 2.23. The highest BCUT2D eigenvalue weighted by Crippen LogP contribution is 2.17. The minimum atomic E-state index is -0.393. The van der Waals surface area contributed by atoms with Crippen molar-refractivity contribution in [2.45, 2.75) is 38.1 Å².